The Morgan fingerprint density at radius 3 is 2.52 bits per heavy atom. The smallest absolute Gasteiger partial charge is 0.339 e. The number of fused-ring (bicyclic) bond motifs is 1. The Morgan fingerprint density at radius 1 is 1.07 bits per heavy atom. The Balaban J connectivity index is 1.66. The average Bonchev–Trinajstić information content (AvgIpc) is 3.51. The number of benzene rings is 2. The fourth-order valence-electron chi connectivity index (χ4n) is 2.92. The van der Waals surface area contributed by atoms with Gasteiger partial charge in [-0.05, 0) is 31.9 Å². The summed E-state index contributed by atoms with van der Waals surface area (Å²) in [7, 11) is 0. The van der Waals surface area contributed by atoms with Gasteiger partial charge in [-0.3, -0.25) is 4.79 Å². The van der Waals surface area contributed by atoms with Crippen LogP contribution in [-0.2, 0) is 9.53 Å². The summed E-state index contributed by atoms with van der Waals surface area (Å²) in [5.74, 6) is -0.781. The van der Waals surface area contributed by atoms with Crippen molar-refractivity contribution < 1.29 is 14.3 Å². The van der Waals surface area contributed by atoms with E-state index < -0.39 is 12.1 Å². The highest BCUT2D eigenvalue weighted by molar-refractivity contribution is 6.05. The molecule has 0 saturated heterocycles. The van der Waals surface area contributed by atoms with E-state index in [0.717, 1.165) is 18.4 Å². The fraction of sp³-hybridized carbons (Fsp3) is 0.227. The van der Waals surface area contributed by atoms with Crippen LogP contribution in [0.1, 0.15) is 30.1 Å². The summed E-state index contributed by atoms with van der Waals surface area (Å²) in [6, 6.07) is 19.1. The highest BCUT2D eigenvalue weighted by Gasteiger charge is 2.28. The van der Waals surface area contributed by atoms with Crippen molar-refractivity contribution >= 4 is 22.8 Å². The first-order valence-corrected chi connectivity index (χ1v) is 9.08. The highest BCUT2D eigenvalue weighted by Crippen LogP contribution is 2.26. The lowest BCUT2D eigenvalue weighted by Crippen LogP contribution is -2.37. The van der Waals surface area contributed by atoms with Gasteiger partial charge in [0.1, 0.15) is 0 Å². The number of amides is 1. The highest BCUT2D eigenvalue weighted by atomic mass is 16.5. The lowest BCUT2D eigenvalue weighted by molar-refractivity contribution is -0.129. The fourth-order valence-corrected chi connectivity index (χ4v) is 2.92. The molecule has 1 aromatic heterocycles. The molecule has 1 fully saturated rings. The van der Waals surface area contributed by atoms with E-state index in [4.69, 9.17) is 4.74 Å². The molecular weight excluding hydrogens is 340 g/mol. The molecule has 1 aliphatic rings. The first-order valence-electron chi connectivity index (χ1n) is 9.08. The van der Waals surface area contributed by atoms with Crippen LogP contribution >= 0.6 is 0 Å². The Bertz CT molecular complexity index is 997. The van der Waals surface area contributed by atoms with Gasteiger partial charge in [-0.25, -0.2) is 9.78 Å². The van der Waals surface area contributed by atoms with E-state index in [0.29, 0.717) is 22.2 Å². The van der Waals surface area contributed by atoms with Crippen LogP contribution in [0.2, 0.25) is 0 Å². The second-order valence-corrected chi connectivity index (χ2v) is 6.77. The number of hydrogen-bond acceptors (Lipinski definition) is 4. The number of para-hydroxylation sites is 1. The summed E-state index contributed by atoms with van der Waals surface area (Å²) in [6.07, 6.45) is 1.13. The summed E-state index contributed by atoms with van der Waals surface area (Å²) in [6.45, 7) is 1.59. The van der Waals surface area contributed by atoms with Crippen LogP contribution in [-0.4, -0.2) is 29.0 Å². The van der Waals surface area contributed by atoms with Gasteiger partial charge in [-0.2, -0.15) is 0 Å². The molecule has 136 valence electrons. The van der Waals surface area contributed by atoms with E-state index >= 15 is 0 Å². The van der Waals surface area contributed by atoms with Gasteiger partial charge in [0.05, 0.1) is 16.8 Å². The van der Waals surface area contributed by atoms with Crippen molar-refractivity contribution in [3.63, 3.8) is 0 Å². The number of carbonyl (C=O) groups excluding carboxylic acids is 2. The van der Waals surface area contributed by atoms with E-state index in [9.17, 15) is 9.59 Å². The topological polar surface area (TPSA) is 68.3 Å². The van der Waals surface area contributed by atoms with E-state index in [1.165, 1.54) is 0 Å². The molecule has 0 radical (unpaired) electrons. The molecule has 27 heavy (non-hydrogen) atoms. The van der Waals surface area contributed by atoms with Crippen LogP contribution in [0.4, 0.5) is 0 Å². The SMILES string of the molecule is C[C@H](OC(=O)c1cc(-c2ccccc2)nc2ccccc12)C(=O)NC1CC1. The van der Waals surface area contributed by atoms with E-state index in [1.807, 2.05) is 54.6 Å². The van der Waals surface area contributed by atoms with Crippen molar-refractivity contribution in [3.05, 3.63) is 66.2 Å². The molecule has 1 aliphatic carbocycles. The number of nitrogens with zero attached hydrogens (tertiary/aromatic N) is 1. The lowest BCUT2D eigenvalue weighted by Gasteiger charge is -2.15. The zero-order chi connectivity index (χ0) is 18.8. The summed E-state index contributed by atoms with van der Waals surface area (Å²) in [4.78, 5) is 29.6. The zero-order valence-electron chi connectivity index (χ0n) is 15.0. The van der Waals surface area contributed by atoms with Crippen molar-refractivity contribution in [1.82, 2.24) is 10.3 Å². The summed E-state index contributed by atoms with van der Waals surface area (Å²) >= 11 is 0. The number of aromatic nitrogens is 1. The number of ether oxygens (including phenoxy) is 1. The molecule has 1 heterocycles. The largest absolute Gasteiger partial charge is 0.449 e. The van der Waals surface area contributed by atoms with Crippen LogP contribution in [0, 0.1) is 0 Å². The number of pyridine rings is 1. The van der Waals surface area contributed by atoms with Crippen molar-refractivity contribution in [1.29, 1.82) is 0 Å². The number of carbonyl (C=O) groups is 2. The quantitative estimate of drug-likeness (QED) is 0.704. The van der Waals surface area contributed by atoms with Gasteiger partial charge < -0.3 is 10.1 Å². The van der Waals surface area contributed by atoms with Gasteiger partial charge >= 0.3 is 5.97 Å². The van der Waals surface area contributed by atoms with Crippen molar-refractivity contribution in [3.8, 4) is 11.3 Å². The minimum atomic E-state index is -0.842. The van der Waals surface area contributed by atoms with Gasteiger partial charge in [0, 0.05) is 17.0 Å². The van der Waals surface area contributed by atoms with Gasteiger partial charge in [-0.1, -0.05) is 48.5 Å². The zero-order valence-corrected chi connectivity index (χ0v) is 15.0. The third kappa shape index (κ3) is 3.82. The number of hydrogen-bond donors (Lipinski definition) is 1. The Hall–Kier alpha value is -3.21. The summed E-state index contributed by atoms with van der Waals surface area (Å²) in [5.41, 5.74) is 2.72. The molecule has 2 aromatic carbocycles. The third-order valence-electron chi connectivity index (χ3n) is 4.58. The van der Waals surface area contributed by atoms with Crippen LogP contribution < -0.4 is 5.32 Å². The molecule has 0 bridgehead atoms. The first-order chi connectivity index (χ1) is 13.1. The molecule has 3 aromatic rings. The molecule has 1 N–H and O–H groups in total. The van der Waals surface area contributed by atoms with Crippen LogP contribution in [0.5, 0.6) is 0 Å². The lowest BCUT2D eigenvalue weighted by atomic mass is 10.0. The molecular formula is C22H20N2O3. The van der Waals surface area contributed by atoms with Crippen molar-refractivity contribution in [2.75, 3.05) is 0 Å². The maximum atomic E-state index is 12.8. The Labute approximate surface area is 157 Å². The van der Waals surface area contributed by atoms with Gasteiger partial charge in [0.2, 0.25) is 0 Å². The second kappa shape index (κ2) is 7.19. The number of rotatable bonds is 5. The van der Waals surface area contributed by atoms with Crippen molar-refractivity contribution in [2.24, 2.45) is 0 Å². The predicted octanol–water partition coefficient (Wildman–Crippen LogP) is 3.73. The molecule has 0 spiro atoms. The minimum absolute atomic E-state index is 0.227. The number of esters is 1. The summed E-state index contributed by atoms with van der Waals surface area (Å²) < 4.78 is 5.45. The second-order valence-electron chi connectivity index (χ2n) is 6.77. The third-order valence-corrected chi connectivity index (χ3v) is 4.58. The van der Waals surface area contributed by atoms with Gasteiger partial charge in [0.25, 0.3) is 5.91 Å². The minimum Gasteiger partial charge on any atom is -0.449 e. The monoisotopic (exact) mass is 360 g/mol. The van der Waals surface area contributed by atoms with Crippen LogP contribution in [0.3, 0.4) is 0 Å². The normalized spacial score (nSPS) is 14.6. The molecule has 0 unspecified atom stereocenters. The first kappa shape index (κ1) is 17.2. The average molecular weight is 360 g/mol. The molecule has 1 atom stereocenters. The van der Waals surface area contributed by atoms with E-state index in [1.54, 1.807) is 13.0 Å². The van der Waals surface area contributed by atoms with Crippen LogP contribution in [0.25, 0.3) is 22.2 Å². The summed E-state index contributed by atoms with van der Waals surface area (Å²) in [5, 5.41) is 3.56. The van der Waals surface area contributed by atoms with Gasteiger partial charge in [0.15, 0.2) is 6.10 Å². The molecule has 5 nitrogen and oxygen atoms in total. The molecule has 1 saturated carbocycles. The number of nitrogens with one attached hydrogen (secondary N) is 1. The predicted molar refractivity (Wildman–Crippen MR) is 103 cm³/mol. The van der Waals surface area contributed by atoms with Crippen molar-refractivity contribution in [2.45, 2.75) is 31.9 Å². The van der Waals surface area contributed by atoms with Crippen LogP contribution in [0.15, 0.2) is 60.7 Å². The Kier molecular flexibility index (Phi) is 4.59. The molecule has 4 rings (SSSR count). The van der Waals surface area contributed by atoms with E-state index in [-0.39, 0.29) is 11.9 Å². The van der Waals surface area contributed by atoms with E-state index in [2.05, 4.69) is 10.3 Å². The van der Waals surface area contributed by atoms with Gasteiger partial charge in [-0.15, -0.1) is 0 Å². The Morgan fingerprint density at radius 2 is 1.78 bits per heavy atom. The maximum Gasteiger partial charge on any atom is 0.339 e. The maximum absolute atomic E-state index is 12.8. The molecule has 5 heteroatoms. The molecule has 0 aliphatic heterocycles. The molecule has 1 amide bonds. The standard InChI is InChI=1S/C22H20N2O3/c1-14(21(25)23-16-11-12-16)27-22(26)18-13-20(15-7-3-2-4-8-15)24-19-10-6-5-9-17(18)19/h2-10,13-14,16H,11-12H2,1H3,(H,23,25)/t14-/m0/s1.